The maximum absolute atomic E-state index is 11.4. The van der Waals surface area contributed by atoms with Gasteiger partial charge < -0.3 is 14.7 Å². The molecule has 1 atom stereocenters. The number of aliphatic carboxylic acids is 1. The quantitative estimate of drug-likeness (QED) is 0.905. The normalized spacial score (nSPS) is 23.4. The third-order valence-electron chi connectivity index (χ3n) is 4.17. The molecule has 102 valence electrons. The van der Waals surface area contributed by atoms with Gasteiger partial charge >= 0.3 is 5.97 Å². The highest BCUT2D eigenvalue weighted by atomic mass is 16.5. The minimum atomic E-state index is -0.720. The Morgan fingerprint density at radius 1 is 1.32 bits per heavy atom. The van der Waals surface area contributed by atoms with Gasteiger partial charge in [0, 0.05) is 32.0 Å². The van der Waals surface area contributed by atoms with E-state index in [1.54, 1.807) is 0 Å². The fraction of sp³-hybridized carbons (Fsp3) is 0.533. The zero-order valence-electron chi connectivity index (χ0n) is 10.9. The molecule has 19 heavy (non-hydrogen) atoms. The van der Waals surface area contributed by atoms with Crippen molar-refractivity contribution in [2.75, 3.05) is 31.2 Å². The number of ether oxygens (including phenoxy) is 1. The lowest BCUT2D eigenvalue weighted by Gasteiger charge is -2.28. The van der Waals surface area contributed by atoms with E-state index in [0.29, 0.717) is 12.5 Å². The monoisotopic (exact) mass is 261 g/mol. The molecule has 0 bridgehead atoms. The third kappa shape index (κ3) is 2.45. The number of carbonyl (C=O) groups is 1. The first-order valence-corrected chi connectivity index (χ1v) is 6.90. The van der Waals surface area contributed by atoms with Gasteiger partial charge in [-0.1, -0.05) is 18.2 Å². The number of benzene rings is 1. The van der Waals surface area contributed by atoms with Gasteiger partial charge in [-0.3, -0.25) is 4.79 Å². The molecule has 4 heteroatoms. The number of para-hydroxylation sites is 1. The number of nitrogens with zero attached hydrogens (tertiary/aromatic N) is 1. The van der Waals surface area contributed by atoms with Crippen LogP contribution in [0.4, 0.5) is 5.69 Å². The summed E-state index contributed by atoms with van der Waals surface area (Å²) < 4.78 is 5.38. The lowest BCUT2D eigenvalue weighted by molar-refractivity contribution is -0.138. The molecule has 2 heterocycles. The minimum Gasteiger partial charge on any atom is -0.481 e. The van der Waals surface area contributed by atoms with Gasteiger partial charge in [0.15, 0.2) is 0 Å². The molecule has 1 aromatic rings. The van der Waals surface area contributed by atoms with E-state index >= 15 is 0 Å². The molecule has 0 aliphatic carbocycles. The fourth-order valence-electron chi connectivity index (χ4n) is 3.11. The molecule has 0 saturated carbocycles. The van der Waals surface area contributed by atoms with Crippen LogP contribution in [0, 0.1) is 5.92 Å². The molecule has 1 saturated heterocycles. The summed E-state index contributed by atoms with van der Waals surface area (Å²) in [5, 5.41) is 9.34. The van der Waals surface area contributed by atoms with Gasteiger partial charge in [0.2, 0.25) is 0 Å². The Morgan fingerprint density at radius 2 is 2.05 bits per heavy atom. The number of fused-ring (bicyclic) bond motifs is 1. The highest BCUT2D eigenvalue weighted by Gasteiger charge is 2.34. The summed E-state index contributed by atoms with van der Waals surface area (Å²) in [5.74, 6) is -0.479. The predicted molar refractivity (Wildman–Crippen MR) is 72.6 cm³/mol. The molecule has 1 N–H and O–H groups in total. The Labute approximate surface area is 113 Å². The van der Waals surface area contributed by atoms with Gasteiger partial charge in [-0.2, -0.15) is 0 Å². The molecule has 0 amide bonds. The van der Waals surface area contributed by atoms with Crippen LogP contribution in [0.25, 0.3) is 0 Å². The summed E-state index contributed by atoms with van der Waals surface area (Å²) in [5.41, 5.74) is 2.06. The molecule has 0 spiro atoms. The van der Waals surface area contributed by atoms with Crippen molar-refractivity contribution in [1.82, 2.24) is 0 Å². The number of hydrogen-bond acceptors (Lipinski definition) is 3. The summed E-state index contributed by atoms with van der Waals surface area (Å²) in [7, 11) is 0. The average Bonchev–Trinajstić information content (AvgIpc) is 2.79. The van der Waals surface area contributed by atoms with Crippen molar-refractivity contribution < 1.29 is 14.6 Å². The molecular weight excluding hydrogens is 242 g/mol. The molecule has 2 aliphatic heterocycles. The second-order valence-corrected chi connectivity index (χ2v) is 5.41. The molecule has 4 nitrogen and oxygen atoms in total. The highest BCUT2D eigenvalue weighted by molar-refractivity contribution is 5.82. The molecule has 1 aromatic carbocycles. The number of rotatable bonds is 3. The van der Waals surface area contributed by atoms with Gasteiger partial charge in [0.05, 0.1) is 0 Å². The van der Waals surface area contributed by atoms with Crippen LogP contribution in [0.3, 0.4) is 0 Å². The minimum absolute atomic E-state index is 0.379. The maximum atomic E-state index is 11.4. The lowest BCUT2D eigenvalue weighted by Crippen LogP contribution is -2.32. The molecular formula is C15H19NO3. The SMILES string of the molecule is O=C(O)C1CN(CC2CCOCC2)c2ccccc21. The number of hydrogen-bond donors (Lipinski definition) is 1. The number of carboxylic acids is 1. The summed E-state index contributed by atoms with van der Waals surface area (Å²) in [6.07, 6.45) is 2.16. The van der Waals surface area contributed by atoms with Crippen LogP contribution in [0.15, 0.2) is 24.3 Å². The first kappa shape index (κ1) is 12.5. The Morgan fingerprint density at radius 3 is 2.79 bits per heavy atom. The highest BCUT2D eigenvalue weighted by Crippen LogP contribution is 2.37. The van der Waals surface area contributed by atoms with Crippen molar-refractivity contribution in [3.63, 3.8) is 0 Å². The van der Waals surface area contributed by atoms with Gasteiger partial charge in [0.25, 0.3) is 0 Å². The van der Waals surface area contributed by atoms with Crippen LogP contribution in [0.2, 0.25) is 0 Å². The van der Waals surface area contributed by atoms with Gasteiger partial charge in [-0.15, -0.1) is 0 Å². The summed E-state index contributed by atoms with van der Waals surface area (Å²) in [6.45, 7) is 3.22. The first-order chi connectivity index (χ1) is 9.25. The Balaban J connectivity index is 1.78. The van der Waals surface area contributed by atoms with E-state index in [-0.39, 0.29) is 5.92 Å². The Hall–Kier alpha value is -1.55. The molecule has 1 fully saturated rings. The zero-order valence-corrected chi connectivity index (χ0v) is 10.9. The second kappa shape index (κ2) is 5.21. The smallest absolute Gasteiger partial charge is 0.312 e. The summed E-state index contributed by atoms with van der Waals surface area (Å²) in [4.78, 5) is 13.6. The third-order valence-corrected chi connectivity index (χ3v) is 4.17. The largest absolute Gasteiger partial charge is 0.481 e. The average molecular weight is 261 g/mol. The maximum Gasteiger partial charge on any atom is 0.312 e. The second-order valence-electron chi connectivity index (χ2n) is 5.41. The standard InChI is InChI=1S/C15H19NO3/c17-15(18)13-10-16(9-11-5-7-19-8-6-11)14-4-2-1-3-12(13)14/h1-4,11,13H,5-10H2,(H,17,18). The first-order valence-electron chi connectivity index (χ1n) is 6.90. The van der Waals surface area contributed by atoms with E-state index in [2.05, 4.69) is 4.90 Å². The van der Waals surface area contributed by atoms with Crippen LogP contribution in [-0.4, -0.2) is 37.4 Å². The van der Waals surface area contributed by atoms with Crippen LogP contribution in [-0.2, 0) is 9.53 Å². The van der Waals surface area contributed by atoms with Crippen molar-refractivity contribution in [2.45, 2.75) is 18.8 Å². The van der Waals surface area contributed by atoms with Crippen molar-refractivity contribution in [1.29, 1.82) is 0 Å². The summed E-state index contributed by atoms with van der Waals surface area (Å²) >= 11 is 0. The van der Waals surface area contributed by atoms with Crippen LogP contribution in [0.5, 0.6) is 0 Å². The van der Waals surface area contributed by atoms with Crippen LogP contribution in [0.1, 0.15) is 24.3 Å². The predicted octanol–water partition coefficient (Wildman–Crippen LogP) is 2.10. The number of carboxylic acid groups (broad SMARTS) is 1. The number of anilines is 1. The Bertz CT molecular complexity index is 468. The van der Waals surface area contributed by atoms with Gasteiger partial charge in [-0.25, -0.2) is 0 Å². The van der Waals surface area contributed by atoms with Crippen LogP contribution < -0.4 is 4.90 Å². The summed E-state index contributed by atoms with van der Waals surface area (Å²) in [6, 6.07) is 7.89. The van der Waals surface area contributed by atoms with E-state index in [1.165, 1.54) is 0 Å². The molecule has 2 aliphatic rings. The molecule has 0 aromatic heterocycles. The fourth-order valence-corrected chi connectivity index (χ4v) is 3.11. The van der Waals surface area contributed by atoms with Crippen LogP contribution >= 0.6 is 0 Å². The molecule has 1 unspecified atom stereocenters. The van der Waals surface area contributed by atoms with Gasteiger partial charge in [-0.05, 0) is 30.4 Å². The lowest BCUT2D eigenvalue weighted by atomic mass is 10.00. The van der Waals surface area contributed by atoms with E-state index in [1.807, 2.05) is 24.3 Å². The zero-order chi connectivity index (χ0) is 13.2. The van der Waals surface area contributed by atoms with Crippen molar-refractivity contribution in [3.8, 4) is 0 Å². The molecule has 0 radical (unpaired) electrons. The molecule has 3 rings (SSSR count). The van der Waals surface area contributed by atoms with Crippen molar-refractivity contribution in [2.24, 2.45) is 5.92 Å². The topological polar surface area (TPSA) is 49.8 Å². The van der Waals surface area contributed by atoms with E-state index in [4.69, 9.17) is 4.74 Å². The Kier molecular flexibility index (Phi) is 3.42. The van der Waals surface area contributed by atoms with E-state index in [9.17, 15) is 9.90 Å². The van der Waals surface area contributed by atoms with E-state index < -0.39 is 5.97 Å². The van der Waals surface area contributed by atoms with Crippen molar-refractivity contribution in [3.05, 3.63) is 29.8 Å². The van der Waals surface area contributed by atoms with Crippen molar-refractivity contribution >= 4 is 11.7 Å². The van der Waals surface area contributed by atoms with Gasteiger partial charge in [0.1, 0.15) is 5.92 Å². The van der Waals surface area contributed by atoms with E-state index in [0.717, 1.165) is 43.9 Å².